The van der Waals surface area contributed by atoms with E-state index in [2.05, 4.69) is 13.0 Å². The summed E-state index contributed by atoms with van der Waals surface area (Å²) in [4.78, 5) is 58.4. The van der Waals surface area contributed by atoms with Crippen LogP contribution in [0.2, 0.25) is 0 Å². The Balaban J connectivity index is 1.44. The molecule has 3 heterocycles. The van der Waals surface area contributed by atoms with Crippen molar-refractivity contribution in [2.24, 2.45) is 29.6 Å². The minimum Gasteiger partial charge on any atom is -0.508 e. The van der Waals surface area contributed by atoms with Crippen molar-refractivity contribution in [1.29, 1.82) is 0 Å². The van der Waals surface area contributed by atoms with Gasteiger partial charge in [-0.05, 0) is 113 Å². The van der Waals surface area contributed by atoms with Crippen molar-refractivity contribution in [1.82, 2.24) is 4.90 Å². The molecule has 14 nitrogen and oxygen atoms in total. The fraction of sp³-hybridized carbons (Fsp3) is 0.692. The number of amides is 1. The first kappa shape index (κ1) is 53.2. The molecule has 368 valence electrons. The molecule has 2 bridgehead atoms. The van der Waals surface area contributed by atoms with Gasteiger partial charge < -0.3 is 48.6 Å². The van der Waals surface area contributed by atoms with Crippen LogP contribution in [0.1, 0.15) is 118 Å². The molecule has 1 amide bonds. The molecule has 0 aromatic heterocycles. The number of piperidine rings is 1. The average Bonchev–Trinajstić information content (AvgIpc) is 3.30. The molecule has 5 rings (SSSR count). The highest BCUT2D eigenvalue weighted by Gasteiger charge is 2.56. The van der Waals surface area contributed by atoms with Gasteiger partial charge in [-0.1, -0.05) is 69.7 Å². The Bertz CT molecular complexity index is 1900. The number of Topliss-reactive ketones (excluding diaryl/α,β-unsaturated/α-hetero) is 2. The van der Waals surface area contributed by atoms with Gasteiger partial charge in [0.05, 0.1) is 37.1 Å². The van der Waals surface area contributed by atoms with E-state index in [1.807, 2.05) is 45.1 Å². The van der Waals surface area contributed by atoms with Gasteiger partial charge in [-0.15, -0.1) is 0 Å². The SMILES string of the molecule is CCC1/C=C(\C)CC(C)CC(OC)C2OC(O)(C(=O)C(=O)N3CCCCC3C(=O)OC(C(C)=CC3CCC(OCC=Cc4cccc(O)c4)C(OC)C3)C(C)C(O)CC1=O)C(C)CC2OC. The summed E-state index contributed by atoms with van der Waals surface area (Å²) in [6.07, 6.45) is 8.32. The van der Waals surface area contributed by atoms with Crippen LogP contribution in [0.5, 0.6) is 5.75 Å². The van der Waals surface area contributed by atoms with Crippen LogP contribution < -0.4 is 0 Å². The first-order valence-corrected chi connectivity index (χ1v) is 24.1. The van der Waals surface area contributed by atoms with E-state index in [0.29, 0.717) is 57.1 Å². The van der Waals surface area contributed by atoms with Crippen LogP contribution >= 0.6 is 0 Å². The molecule has 0 radical (unpaired) electrons. The standard InChI is InChI=1S/C52H77NO13/c1-10-38-24-31(2)23-32(3)25-45(62-8)48-46(63-9)27-34(5)52(60,66-48)49(57)50(58)53-21-12-11-18-40(53)51(59)65-47(35(6)41(55)30-42(38)56)33(4)26-37-19-20-43(44(29-37)61-7)64-22-14-16-36-15-13-17-39(54)28-36/h13-17,24,26,28,32,34-35,37-38,40-41,43-48,54-55,60H,10-12,18-23,25,27,29-30H2,1-9H3/b16-14?,31-24+,33-26?. The molecule has 66 heavy (non-hydrogen) atoms. The number of rotatable bonds is 10. The maximum Gasteiger partial charge on any atom is 0.329 e. The van der Waals surface area contributed by atoms with Gasteiger partial charge in [0, 0.05) is 52.0 Å². The van der Waals surface area contributed by atoms with Crippen LogP contribution in [0.25, 0.3) is 6.08 Å². The number of esters is 1. The minimum atomic E-state index is -2.51. The number of fused-ring (bicyclic) bond motifs is 3. The Labute approximate surface area is 392 Å². The van der Waals surface area contributed by atoms with Gasteiger partial charge in [-0.2, -0.15) is 0 Å². The number of aliphatic hydroxyl groups excluding tert-OH is 1. The number of ketones is 2. The van der Waals surface area contributed by atoms with E-state index in [1.165, 1.54) is 19.1 Å². The molecule has 1 aromatic carbocycles. The zero-order valence-corrected chi connectivity index (χ0v) is 40.7. The third-order valence-electron chi connectivity index (χ3n) is 14.5. The van der Waals surface area contributed by atoms with Crippen molar-refractivity contribution in [3.8, 4) is 5.75 Å². The molecular formula is C52H77NO13. The largest absolute Gasteiger partial charge is 0.508 e. The summed E-state index contributed by atoms with van der Waals surface area (Å²) in [5.41, 5.74) is 2.54. The number of methoxy groups -OCH3 is 3. The van der Waals surface area contributed by atoms with Crippen molar-refractivity contribution < 1.29 is 62.9 Å². The number of phenolic OH excluding ortho intramolecular Hbond substituents is 1. The average molecular weight is 924 g/mol. The maximum atomic E-state index is 14.5. The summed E-state index contributed by atoms with van der Waals surface area (Å²) in [5.74, 6) is -7.36. The van der Waals surface area contributed by atoms with Crippen molar-refractivity contribution in [3.05, 3.63) is 59.2 Å². The Morgan fingerprint density at radius 2 is 1.64 bits per heavy atom. The number of allylic oxidation sites excluding steroid dienone is 3. The van der Waals surface area contributed by atoms with E-state index >= 15 is 0 Å². The second-order valence-corrected chi connectivity index (χ2v) is 19.5. The zero-order valence-electron chi connectivity index (χ0n) is 40.7. The van der Waals surface area contributed by atoms with Crippen molar-refractivity contribution >= 4 is 29.5 Å². The molecule has 3 aliphatic heterocycles. The predicted molar refractivity (Wildman–Crippen MR) is 249 cm³/mol. The molecule has 14 heteroatoms. The van der Waals surface area contributed by atoms with E-state index in [0.717, 1.165) is 17.6 Å². The molecular weight excluding hydrogens is 847 g/mol. The molecule has 14 atom stereocenters. The molecule has 14 unspecified atom stereocenters. The van der Waals surface area contributed by atoms with Crippen molar-refractivity contribution in [2.45, 2.75) is 167 Å². The molecule has 1 saturated carbocycles. The van der Waals surface area contributed by atoms with Gasteiger partial charge in [0.2, 0.25) is 5.79 Å². The van der Waals surface area contributed by atoms with Crippen LogP contribution in [0.4, 0.5) is 0 Å². The molecule has 1 aliphatic carbocycles. The molecule has 3 N–H and O–H groups in total. The number of hydrogen-bond donors (Lipinski definition) is 3. The summed E-state index contributed by atoms with van der Waals surface area (Å²) in [7, 11) is 4.73. The Hall–Kier alpha value is -3.76. The molecule has 1 aromatic rings. The smallest absolute Gasteiger partial charge is 0.329 e. The lowest BCUT2D eigenvalue weighted by Crippen LogP contribution is -2.64. The Morgan fingerprint density at radius 3 is 2.32 bits per heavy atom. The molecule has 2 saturated heterocycles. The topological polar surface area (TPSA) is 188 Å². The molecule has 3 fully saturated rings. The number of nitrogens with zero attached hydrogens (tertiary/aromatic N) is 1. The third kappa shape index (κ3) is 13.3. The lowest BCUT2D eigenvalue weighted by atomic mass is 9.81. The van der Waals surface area contributed by atoms with Crippen LogP contribution in [0.3, 0.4) is 0 Å². The van der Waals surface area contributed by atoms with Crippen LogP contribution in [0, 0.1) is 29.6 Å². The van der Waals surface area contributed by atoms with Gasteiger partial charge in [-0.25, -0.2) is 4.79 Å². The quantitative estimate of drug-likeness (QED) is 0.125. The zero-order chi connectivity index (χ0) is 48.3. The number of aromatic hydroxyl groups is 1. The highest BCUT2D eigenvalue weighted by molar-refractivity contribution is 6.39. The molecule has 4 aliphatic rings. The van der Waals surface area contributed by atoms with Gasteiger partial charge >= 0.3 is 5.97 Å². The third-order valence-corrected chi connectivity index (χ3v) is 14.5. The second-order valence-electron chi connectivity index (χ2n) is 19.5. The van der Waals surface area contributed by atoms with Crippen molar-refractivity contribution in [3.63, 3.8) is 0 Å². The molecule has 0 spiro atoms. The van der Waals surface area contributed by atoms with E-state index < -0.39 is 77.8 Å². The van der Waals surface area contributed by atoms with Crippen molar-refractivity contribution in [2.75, 3.05) is 34.5 Å². The minimum absolute atomic E-state index is 0.00951. The van der Waals surface area contributed by atoms with Gasteiger partial charge in [-0.3, -0.25) is 14.4 Å². The second kappa shape index (κ2) is 24.5. The number of carbonyl (C=O) groups excluding carboxylic acids is 4. The number of ether oxygens (including phenoxy) is 6. The number of hydrogen-bond acceptors (Lipinski definition) is 13. The van der Waals surface area contributed by atoms with E-state index in [4.69, 9.17) is 28.4 Å². The first-order valence-electron chi connectivity index (χ1n) is 24.1. The summed E-state index contributed by atoms with van der Waals surface area (Å²) in [6, 6.07) is 5.83. The van der Waals surface area contributed by atoms with E-state index in [-0.39, 0.29) is 61.4 Å². The summed E-state index contributed by atoms with van der Waals surface area (Å²) in [5, 5.41) is 33.7. The van der Waals surface area contributed by atoms with E-state index in [1.54, 1.807) is 39.2 Å². The normalized spacial score (nSPS) is 37.1. The highest BCUT2D eigenvalue weighted by Crippen LogP contribution is 2.39. The summed E-state index contributed by atoms with van der Waals surface area (Å²) >= 11 is 0. The first-order chi connectivity index (χ1) is 31.4. The lowest BCUT2D eigenvalue weighted by molar-refractivity contribution is -0.302. The van der Waals surface area contributed by atoms with Gasteiger partial charge in [0.15, 0.2) is 0 Å². The number of benzene rings is 1. The van der Waals surface area contributed by atoms with E-state index in [9.17, 15) is 34.5 Å². The highest BCUT2D eigenvalue weighted by atomic mass is 16.7. The summed E-state index contributed by atoms with van der Waals surface area (Å²) in [6.45, 7) is 11.7. The van der Waals surface area contributed by atoms with Gasteiger partial charge in [0.1, 0.15) is 29.8 Å². The van der Waals surface area contributed by atoms with Crippen LogP contribution in [-0.4, -0.2) is 133 Å². The Kier molecular flexibility index (Phi) is 19.7. The number of aliphatic hydroxyl groups is 2. The number of carbonyl (C=O) groups is 4. The monoisotopic (exact) mass is 924 g/mol. The Morgan fingerprint density at radius 1 is 0.924 bits per heavy atom. The lowest BCUT2D eigenvalue weighted by Gasteiger charge is -2.47. The maximum absolute atomic E-state index is 14.5. The fourth-order valence-corrected chi connectivity index (χ4v) is 10.6. The predicted octanol–water partition coefficient (Wildman–Crippen LogP) is 6.92. The summed E-state index contributed by atoms with van der Waals surface area (Å²) < 4.78 is 36.6. The van der Waals surface area contributed by atoms with Crippen LogP contribution in [-0.2, 0) is 47.6 Å². The van der Waals surface area contributed by atoms with Gasteiger partial charge in [0.25, 0.3) is 11.7 Å². The number of phenols is 1. The van der Waals surface area contributed by atoms with Crippen LogP contribution in [0.15, 0.2) is 53.6 Å². The fourth-order valence-electron chi connectivity index (χ4n) is 10.6. The number of cyclic esters (lactones) is 1.